The fraction of sp³-hybridized carbons (Fsp3) is 0.129. The average Bonchev–Trinajstić information content (AvgIpc) is 4.10. The van der Waals surface area contributed by atoms with E-state index in [1.54, 1.807) is 0 Å². The number of rotatable bonds is 4. The van der Waals surface area contributed by atoms with Crippen molar-refractivity contribution in [2.24, 2.45) is 0 Å². The third-order valence-corrected chi connectivity index (χ3v) is 14.2. The molecule has 1 aliphatic carbocycles. The molecular weight excluding hydrogens is 1000 g/mol. The number of fused-ring (bicyclic) bond motifs is 5. The van der Waals surface area contributed by atoms with Crippen molar-refractivity contribution >= 4 is 43.1 Å². The predicted octanol–water partition coefficient (Wildman–Crippen LogP) is 13.5. The maximum Gasteiger partial charge on any atom is 4.00 e. The van der Waals surface area contributed by atoms with Crippen molar-refractivity contribution in [3.8, 4) is 55.6 Å². The molecule has 0 unspecified atom stereocenters. The van der Waals surface area contributed by atoms with Crippen molar-refractivity contribution in [2.75, 3.05) is 0 Å². The van der Waals surface area contributed by atoms with Crippen LogP contribution in [0.25, 0.3) is 98.7 Å². The quantitative estimate of drug-likeness (QED) is 0.0936. The number of halogens is 2. The van der Waals surface area contributed by atoms with E-state index in [4.69, 9.17) is 0 Å². The second kappa shape index (κ2) is 21.9. The maximum absolute atomic E-state index is 3.88. The monoisotopic (exact) mass is 1060 g/mol. The standard InChI is InChI=1S/C33H33.C32H20.C5H5.2ClH.Zr/c1-32(2,3)30-20-26-24(18-28(30)22-13-9-7-10-14-22)17-25-19-29(23-15-11-8-12-16-23)31(21-27(25)26)33(4,5)6;1-3-10-21(11-4-1)28-20-24-16-9-18-26-25-17-7-14-22-15-8-19-27(29(22)25)32(31(24)26)30(28)23-12-5-2-6-13-23;1-2-4-5-3-1;;;/h7-16,18,20-21H,17H2,1-6H3;1-20H;1-5H;2*1H;/q-1;;-1;;;+4/p-2. The molecule has 0 atom stereocenters. The van der Waals surface area contributed by atoms with Crippen LogP contribution in [-0.4, -0.2) is 0 Å². The molecule has 0 saturated heterocycles. The van der Waals surface area contributed by atoms with Crippen molar-refractivity contribution in [3.63, 3.8) is 0 Å². The molecule has 0 saturated carbocycles. The Balaban J connectivity index is 0.000000171. The normalized spacial score (nSPS) is 11.6. The number of hydrogen-bond donors (Lipinski definition) is 0. The molecule has 13 rings (SSSR count). The van der Waals surface area contributed by atoms with Gasteiger partial charge in [-0.15, -0.1) is 28.8 Å². The molecule has 0 amide bonds. The smallest absolute Gasteiger partial charge is 1.00 e. The third kappa shape index (κ3) is 10.3. The molecule has 0 fully saturated rings. The molecule has 0 aliphatic heterocycles. The van der Waals surface area contributed by atoms with Crippen LogP contribution in [0.3, 0.4) is 0 Å². The summed E-state index contributed by atoms with van der Waals surface area (Å²) in [7, 11) is 0. The molecule has 3 heteroatoms. The Kier molecular flexibility index (Phi) is 15.9. The van der Waals surface area contributed by atoms with Crippen LogP contribution in [0.4, 0.5) is 0 Å². The van der Waals surface area contributed by atoms with Crippen LogP contribution in [0.15, 0.2) is 231 Å². The summed E-state index contributed by atoms with van der Waals surface area (Å²) in [5.74, 6) is 0. The summed E-state index contributed by atoms with van der Waals surface area (Å²) in [6, 6.07) is 87.1. The van der Waals surface area contributed by atoms with Crippen molar-refractivity contribution < 1.29 is 51.0 Å². The van der Waals surface area contributed by atoms with Gasteiger partial charge < -0.3 is 24.8 Å². The second-order valence-corrected chi connectivity index (χ2v) is 20.9. The van der Waals surface area contributed by atoms with Gasteiger partial charge in [0, 0.05) is 0 Å². The molecular formula is C70H58Cl2Zr. The van der Waals surface area contributed by atoms with Crippen LogP contribution in [0.5, 0.6) is 0 Å². The first-order chi connectivity index (χ1) is 34.0. The molecule has 0 N–H and O–H groups in total. The summed E-state index contributed by atoms with van der Waals surface area (Å²) in [6.07, 6.45) is 0.944. The number of hydrogen-bond acceptors (Lipinski definition) is 0. The zero-order chi connectivity index (χ0) is 48.0. The molecule has 0 heterocycles. The Labute approximate surface area is 463 Å². The van der Waals surface area contributed by atoms with Gasteiger partial charge in [-0.1, -0.05) is 246 Å². The number of benzene rings is 11. The van der Waals surface area contributed by atoms with Gasteiger partial charge in [0.25, 0.3) is 0 Å². The van der Waals surface area contributed by atoms with Gasteiger partial charge in [-0.25, -0.2) is 12.1 Å². The van der Waals surface area contributed by atoms with E-state index in [9.17, 15) is 0 Å². The zero-order valence-electron chi connectivity index (χ0n) is 42.4. The summed E-state index contributed by atoms with van der Waals surface area (Å²) < 4.78 is 0. The first-order valence-electron chi connectivity index (χ1n) is 24.8. The summed E-state index contributed by atoms with van der Waals surface area (Å²) >= 11 is 0. The van der Waals surface area contributed by atoms with Crippen LogP contribution < -0.4 is 24.8 Å². The van der Waals surface area contributed by atoms with Crippen LogP contribution in [0.2, 0.25) is 0 Å². The summed E-state index contributed by atoms with van der Waals surface area (Å²) in [4.78, 5) is 0. The van der Waals surface area contributed by atoms with Gasteiger partial charge in [-0.05, 0) is 111 Å². The molecule has 0 aromatic heterocycles. The van der Waals surface area contributed by atoms with Gasteiger partial charge in [-0.2, -0.15) is 18.2 Å². The fourth-order valence-electron chi connectivity index (χ4n) is 10.9. The molecule has 12 aromatic rings. The van der Waals surface area contributed by atoms with Crippen molar-refractivity contribution in [1.82, 2.24) is 0 Å². The largest absolute Gasteiger partial charge is 4.00 e. The molecule has 0 radical (unpaired) electrons. The van der Waals surface area contributed by atoms with Crippen LogP contribution in [-0.2, 0) is 43.5 Å². The topological polar surface area (TPSA) is 0 Å². The van der Waals surface area contributed by atoms with Gasteiger partial charge in [-0.3, -0.25) is 0 Å². The Morgan fingerprint density at radius 2 is 0.863 bits per heavy atom. The van der Waals surface area contributed by atoms with E-state index < -0.39 is 0 Å². The van der Waals surface area contributed by atoms with Gasteiger partial charge in [0.2, 0.25) is 0 Å². The minimum absolute atomic E-state index is 0. The maximum atomic E-state index is 3.88. The van der Waals surface area contributed by atoms with Crippen molar-refractivity contribution in [3.05, 3.63) is 259 Å². The summed E-state index contributed by atoms with van der Waals surface area (Å²) in [5, 5.41) is 10.7. The SMILES string of the molecule is CC(C)(C)c1cc2c([c-]c1-c1ccccc1)Cc1cc(-c3ccccc3)c(C(C)(C)C)cc1-2.[Cl-].[Cl-].[Zr+4].c1cc[cH-]c1.c1ccc(-c2cc3cccc4c5cccc6cccc(c(c2-c2ccccc2)c34)c65)cc1. The fourth-order valence-corrected chi connectivity index (χ4v) is 10.9. The van der Waals surface area contributed by atoms with Gasteiger partial charge >= 0.3 is 26.2 Å². The van der Waals surface area contributed by atoms with Crippen LogP contribution >= 0.6 is 0 Å². The molecule has 0 bridgehead atoms. The summed E-state index contributed by atoms with van der Waals surface area (Å²) in [6.45, 7) is 13.9. The average molecular weight is 1060 g/mol. The van der Waals surface area contributed by atoms with E-state index >= 15 is 0 Å². The molecule has 0 nitrogen and oxygen atoms in total. The molecule has 356 valence electrons. The van der Waals surface area contributed by atoms with Gasteiger partial charge in [0.05, 0.1) is 0 Å². The second-order valence-electron chi connectivity index (χ2n) is 20.9. The van der Waals surface area contributed by atoms with E-state index in [0.717, 1.165) is 6.42 Å². The minimum atomic E-state index is 0. The first kappa shape index (κ1) is 52.8. The van der Waals surface area contributed by atoms with Crippen LogP contribution in [0.1, 0.15) is 63.8 Å². The van der Waals surface area contributed by atoms with E-state index in [-0.39, 0.29) is 61.8 Å². The van der Waals surface area contributed by atoms with Crippen molar-refractivity contribution in [2.45, 2.75) is 58.8 Å². The van der Waals surface area contributed by atoms with E-state index in [1.165, 1.54) is 121 Å². The zero-order valence-corrected chi connectivity index (χ0v) is 46.4. The van der Waals surface area contributed by atoms with Crippen molar-refractivity contribution in [1.29, 1.82) is 0 Å². The Hall–Kier alpha value is -6.47. The van der Waals surface area contributed by atoms with E-state index in [1.807, 2.05) is 30.3 Å². The Bertz CT molecular complexity index is 3640. The Morgan fingerprint density at radius 3 is 1.40 bits per heavy atom. The molecule has 0 spiro atoms. The van der Waals surface area contributed by atoms with Crippen LogP contribution in [0, 0.1) is 6.07 Å². The molecule has 12 aromatic carbocycles. The van der Waals surface area contributed by atoms with Gasteiger partial charge in [0.1, 0.15) is 0 Å². The Morgan fingerprint density at radius 1 is 0.384 bits per heavy atom. The summed E-state index contributed by atoms with van der Waals surface area (Å²) in [5.41, 5.74) is 18.6. The molecule has 73 heavy (non-hydrogen) atoms. The third-order valence-electron chi connectivity index (χ3n) is 14.2. The van der Waals surface area contributed by atoms with Gasteiger partial charge in [0.15, 0.2) is 0 Å². The van der Waals surface area contributed by atoms with E-state index in [2.05, 4.69) is 248 Å². The first-order valence-corrected chi connectivity index (χ1v) is 24.8. The minimum Gasteiger partial charge on any atom is -1.00 e. The van der Waals surface area contributed by atoms with E-state index in [0.29, 0.717) is 0 Å². The predicted molar refractivity (Wildman–Crippen MR) is 302 cm³/mol. The molecule has 1 aliphatic rings.